The lowest BCUT2D eigenvalue weighted by molar-refractivity contribution is -0.153. The first kappa shape index (κ1) is 22.0. The molecule has 0 radical (unpaired) electrons. The predicted octanol–water partition coefficient (Wildman–Crippen LogP) is 3.12. The molecule has 1 aliphatic rings. The predicted molar refractivity (Wildman–Crippen MR) is 125 cm³/mol. The average Bonchev–Trinajstić information content (AvgIpc) is 3.27. The van der Waals surface area contributed by atoms with E-state index in [4.69, 9.17) is 22.7 Å². The van der Waals surface area contributed by atoms with Crippen molar-refractivity contribution in [2.45, 2.75) is 37.2 Å². The fourth-order valence-electron chi connectivity index (χ4n) is 4.50. The van der Waals surface area contributed by atoms with E-state index in [1.165, 1.54) is 4.90 Å². The number of thiocarbonyl (C=S) groups is 1. The number of nitrogens with two attached hydrogens (primary N) is 1. The van der Waals surface area contributed by atoms with E-state index in [9.17, 15) is 9.59 Å². The summed E-state index contributed by atoms with van der Waals surface area (Å²) >= 11 is 5.53. The number of carbonyl (C=O) groups excluding carboxylic acids is 2. The van der Waals surface area contributed by atoms with Gasteiger partial charge in [-0.25, -0.2) is 4.98 Å². The highest BCUT2D eigenvalue weighted by atomic mass is 32.1. The molecule has 1 fully saturated rings. The summed E-state index contributed by atoms with van der Waals surface area (Å²) in [5.41, 5.74) is 7.78. The molecule has 4 rings (SSSR count). The number of hydrogen-bond donors (Lipinski definition) is 1. The number of carbonyl (C=O) groups is 2. The molecule has 1 aromatic carbocycles. The Morgan fingerprint density at radius 1 is 1.25 bits per heavy atom. The van der Waals surface area contributed by atoms with Crippen LogP contribution in [-0.4, -0.2) is 50.8 Å². The van der Waals surface area contributed by atoms with Crippen LogP contribution in [0, 0.1) is 0 Å². The third kappa shape index (κ3) is 4.10. The van der Waals surface area contributed by atoms with Gasteiger partial charge >= 0.3 is 5.97 Å². The van der Waals surface area contributed by atoms with Gasteiger partial charge in [-0.2, -0.15) is 0 Å². The summed E-state index contributed by atoms with van der Waals surface area (Å²) < 4.78 is 7.86. The number of aromatic nitrogens is 2. The van der Waals surface area contributed by atoms with Crippen LogP contribution in [0.15, 0.2) is 61.1 Å². The SMILES string of the molecule is CN(CC(=O)OC1CCCCC1(C(N)=S)c1ccc2nccn2c1)C(=O)c1ccccc1. The molecule has 0 spiro atoms. The van der Waals surface area contributed by atoms with Crippen molar-refractivity contribution in [3.05, 3.63) is 72.2 Å². The van der Waals surface area contributed by atoms with Crippen LogP contribution in [0.2, 0.25) is 0 Å². The monoisotopic (exact) mass is 450 g/mol. The maximum absolute atomic E-state index is 12.9. The van der Waals surface area contributed by atoms with Crippen LogP contribution in [0.3, 0.4) is 0 Å². The van der Waals surface area contributed by atoms with Crippen molar-refractivity contribution in [1.82, 2.24) is 14.3 Å². The van der Waals surface area contributed by atoms with Crippen LogP contribution in [0.25, 0.3) is 5.65 Å². The Balaban J connectivity index is 1.55. The fraction of sp³-hybridized carbons (Fsp3) is 0.333. The smallest absolute Gasteiger partial charge is 0.325 e. The molecule has 1 amide bonds. The van der Waals surface area contributed by atoms with Gasteiger partial charge in [-0.1, -0.05) is 42.9 Å². The third-order valence-electron chi connectivity index (χ3n) is 6.19. The van der Waals surface area contributed by atoms with Gasteiger partial charge in [0.15, 0.2) is 0 Å². The van der Waals surface area contributed by atoms with Gasteiger partial charge in [-0.3, -0.25) is 9.59 Å². The highest BCUT2D eigenvalue weighted by Crippen LogP contribution is 2.42. The highest BCUT2D eigenvalue weighted by Gasteiger charge is 2.47. The molecule has 166 valence electrons. The van der Waals surface area contributed by atoms with Crippen molar-refractivity contribution in [3.8, 4) is 0 Å². The maximum Gasteiger partial charge on any atom is 0.325 e. The summed E-state index contributed by atoms with van der Waals surface area (Å²) in [4.78, 5) is 31.4. The lowest BCUT2D eigenvalue weighted by atomic mass is 9.67. The van der Waals surface area contributed by atoms with E-state index < -0.39 is 17.5 Å². The van der Waals surface area contributed by atoms with Crippen molar-refractivity contribution in [3.63, 3.8) is 0 Å². The number of hydrogen-bond acceptors (Lipinski definition) is 5. The minimum Gasteiger partial charge on any atom is -0.460 e. The van der Waals surface area contributed by atoms with Crippen molar-refractivity contribution in [2.24, 2.45) is 5.73 Å². The van der Waals surface area contributed by atoms with Crippen LogP contribution < -0.4 is 5.73 Å². The summed E-state index contributed by atoms with van der Waals surface area (Å²) in [7, 11) is 1.59. The van der Waals surface area contributed by atoms with E-state index in [1.807, 2.05) is 35.0 Å². The molecule has 0 bridgehead atoms. The molecular weight excluding hydrogens is 424 g/mol. The lowest BCUT2D eigenvalue weighted by Crippen LogP contribution is -2.53. The summed E-state index contributed by atoms with van der Waals surface area (Å²) in [5, 5.41) is 0. The van der Waals surface area contributed by atoms with Gasteiger partial charge in [-0.05, 0) is 43.0 Å². The quantitative estimate of drug-likeness (QED) is 0.458. The Labute approximate surface area is 192 Å². The molecule has 2 N–H and O–H groups in total. The third-order valence-corrected chi connectivity index (χ3v) is 6.55. The van der Waals surface area contributed by atoms with Crippen molar-refractivity contribution in [2.75, 3.05) is 13.6 Å². The summed E-state index contributed by atoms with van der Waals surface area (Å²) in [6.07, 6.45) is 8.24. The molecule has 2 aromatic heterocycles. The fourth-order valence-corrected chi connectivity index (χ4v) is 4.85. The normalized spacial score (nSPS) is 20.6. The standard InChI is InChI=1S/C24H26N4O3S/c1-27(22(30)17-7-3-2-4-8-17)16-21(29)31-19-9-5-6-12-24(19,23(25)32)18-10-11-20-26-13-14-28(20)15-18/h2-4,7-8,10-11,13-15,19H,5-6,9,12,16H2,1H3,(H2,25,32). The van der Waals surface area contributed by atoms with Crippen molar-refractivity contribution < 1.29 is 14.3 Å². The molecule has 3 aromatic rings. The van der Waals surface area contributed by atoms with Gasteiger partial charge in [-0.15, -0.1) is 0 Å². The van der Waals surface area contributed by atoms with Crippen molar-refractivity contribution >= 4 is 34.7 Å². The van der Waals surface area contributed by atoms with Gasteiger partial charge in [0.1, 0.15) is 18.3 Å². The Hall–Kier alpha value is -3.26. The van der Waals surface area contributed by atoms with Crippen LogP contribution in [0.4, 0.5) is 0 Å². The van der Waals surface area contributed by atoms with E-state index in [2.05, 4.69) is 4.98 Å². The number of esters is 1. The molecule has 2 heterocycles. The molecule has 0 aliphatic heterocycles. The first-order chi connectivity index (χ1) is 15.4. The number of nitrogens with zero attached hydrogens (tertiary/aromatic N) is 3. The molecule has 32 heavy (non-hydrogen) atoms. The first-order valence-corrected chi connectivity index (χ1v) is 11.1. The summed E-state index contributed by atoms with van der Waals surface area (Å²) in [5.74, 6) is -0.717. The molecule has 2 atom stereocenters. The zero-order valence-electron chi connectivity index (χ0n) is 17.9. The summed E-state index contributed by atoms with van der Waals surface area (Å²) in [6.45, 7) is -0.155. The Kier molecular flexibility index (Phi) is 6.23. The minimum absolute atomic E-state index is 0.155. The van der Waals surface area contributed by atoms with Crippen LogP contribution >= 0.6 is 12.2 Å². The van der Waals surface area contributed by atoms with Crippen LogP contribution in [-0.2, 0) is 14.9 Å². The Bertz CT molecular complexity index is 1150. The van der Waals surface area contributed by atoms with Gasteiger partial charge in [0.05, 0.1) is 10.4 Å². The van der Waals surface area contributed by atoms with E-state index >= 15 is 0 Å². The number of imidazole rings is 1. The van der Waals surface area contributed by atoms with E-state index in [0.29, 0.717) is 23.4 Å². The highest BCUT2D eigenvalue weighted by molar-refractivity contribution is 7.80. The second-order valence-corrected chi connectivity index (χ2v) is 8.64. The average molecular weight is 451 g/mol. The number of fused-ring (bicyclic) bond motifs is 1. The number of likely N-dealkylation sites (N-methyl/N-ethyl adjacent to an activating group) is 1. The van der Waals surface area contributed by atoms with Gasteiger partial charge in [0.25, 0.3) is 5.91 Å². The Morgan fingerprint density at radius 2 is 2.03 bits per heavy atom. The number of benzene rings is 1. The zero-order chi connectivity index (χ0) is 22.7. The molecule has 1 aliphatic carbocycles. The van der Waals surface area contributed by atoms with Gasteiger partial charge < -0.3 is 19.8 Å². The largest absolute Gasteiger partial charge is 0.460 e. The second-order valence-electron chi connectivity index (χ2n) is 8.20. The molecular formula is C24H26N4O3S. The van der Waals surface area contributed by atoms with E-state index in [0.717, 1.165) is 24.1 Å². The van der Waals surface area contributed by atoms with Crippen LogP contribution in [0.5, 0.6) is 0 Å². The second kappa shape index (κ2) is 9.08. The van der Waals surface area contributed by atoms with Crippen molar-refractivity contribution in [1.29, 1.82) is 0 Å². The Morgan fingerprint density at radius 3 is 2.78 bits per heavy atom. The molecule has 7 nitrogen and oxygen atoms in total. The van der Waals surface area contributed by atoms with E-state index in [1.54, 1.807) is 37.5 Å². The molecule has 2 unspecified atom stereocenters. The lowest BCUT2D eigenvalue weighted by Gasteiger charge is -2.43. The number of pyridine rings is 1. The molecule has 0 saturated heterocycles. The van der Waals surface area contributed by atoms with Crippen LogP contribution in [0.1, 0.15) is 41.6 Å². The zero-order valence-corrected chi connectivity index (χ0v) is 18.8. The number of amides is 1. The summed E-state index contributed by atoms with van der Waals surface area (Å²) in [6, 6.07) is 12.7. The topological polar surface area (TPSA) is 89.9 Å². The maximum atomic E-state index is 12.9. The van der Waals surface area contributed by atoms with Gasteiger partial charge in [0.2, 0.25) is 0 Å². The first-order valence-electron chi connectivity index (χ1n) is 10.6. The van der Waals surface area contributed by atoms with Gasteiger partial charge in [0, 0.05) is 31.2 Å². The molecule has 1 saturated carbocycles. The van der Waals surface area contributed by atoms with E-state index in [-0.39, 0.29) is 12.5 Å². The molecule has 8 heteroatoms. The number of ether oxygens (including phenoxy) is 1. The minimum atomic E-state index is -0.760. The number of rotatable bonds is 6.